The van der Waals surface area contributed by atoms with Crippen LogP contribution in [0.4, 0.5) is 0 Å². The molecule has 0 spiro atoms. The molecular weight excluding hydrogens is 355 g/mol. The zero-order valence-electron chi connectivity index (χ0n) is 17.9. The quantitative estimate of drug-likeness (QED) is 0.412. The van der Waals surface area contributed by atoms with E-state index >= 15 is 0 Å². The van der Waals surface area contributed by atoms with E-state index in [0.29, 0.717) is 0 Å². The molecule has 3 heteroatoms. The van der Waals surface area contributed by atoms with Crippen LogP contribution < -0.4 is 34.7 Å². The molecule has 0 aliphatic rings. The van der Waals surface area contributed by atoms with Crippen LogP contribution in [0.5, 0.6) is 0 Å². The van der Waals surface area contributed by atoms with Crippen molar-refractivity contribution in [2.24, 2.45) is 0 Å². The second-order valence-electron chi connectivity index (χ2n) is 7.52. The molecule has 0 atom stereocenters. The van der Waals surface area contributed by atoms with Crippen LogP contribution in [0.1, 0.15) is 80.2 Å². The summed E-state index contributed by atoms with van der Waals surface area (Å²) in [6.45, 7) is 4.42. The number of hydrogen-bond acceptors (Lipinski definition) is 2. The molecule has 0 aliphatic heterocycles. The van der Waals surface area contributed by atoms with Crippen molar-refractivity contribution in [2.75, 3.05) is 0 Å². The zero-order valence-corrected chi connectivity index (χ0v) is 19.9. The first kappa shape index (κ1) is 24.9. The maximum absolute atomic E-state index is 11.4. The minimum Gasteiger partial charge on any atom is -0.550 e. The van der Waals surface area contributed by atoms with Gasteiger partial charge in [-0.15, -0.1) is 0 Å². The van der Waals surface area contributed by atoms with Gasteiger partial charge in [0.05, 0.1) is 0 Å². The Kier molecular flexibility index (Phi) is 12.5. The predicted molar refractivity (Wildman–Crippen MR) is 111 cm³/mol. The van der Waals surface area contributed by atoms with Crippen molar-refractivity contribution in [3.63, 3.8) is 0 Å². The summed E-state index contributed by atoms with van der Waals surface area (Å²) >= 11 is 0. The molecule has 0 heterocycles. The second-order valence-corrected chi connectivity index (χ2v) is 7.52. The number of rotatable bonds is 12. The van der Waals surface area contributed by atoms with Gasteiger partial charge in [0.25, 0.3) is 0 Å². The van der Waals surface area contributed by atoms with Crippen molar-refractivity contribution in [1.29, 1.82) is 0 Å². The Morgan fingerprint density at radius 1 is 0.821 bits per heavy atom. The van der Waals surface area contributed by atoms with Gasteiger partial charge in [0.2, 0.25) is 0 Å². The maximum Gasteiger partial charge on any atom is 1.00 e. The van der Waals surface area contributed by atoms with Crippen molar-refractivity contribution in [1.82, 2.24) is 0 Å². The summed E-state index contributed by atoms with van der Waals surface area (Å²) in [5.74, 6) is -0.991. The van der Waals surface area contributed by atoms with Crippen LogP contribution in [-0.2, 0) is 30.5 Å². The van der Waals surface area contributed by atoms with Gasteiger partial charge >= 0.3 is 29.6 Å². The summed E-state index contributed by atoms with van der Waals surface area (Å²) in [4.78, 5) is 11.4. The molecule has 0 saturated carbocycles. The Balaban J connectivity index is 0.00000392. The molecule has 28 heavy (non-hydrogen) atoms. The Morgan fingerprint density at radius 3 is 2.04 bits per heavy atom. The van der Waals surface area contributed by atoms with Crippen LogP contribution in [0.25, 0.3) is 0 Å². The van der Waals surface area contributed by atoms with Crippen molar-refractivity contribution < 1.29 is 39.5 Å². The summed E-state index contributed by atoms with van der Waals surface area (Å²) in [6.07, 6.45) is 9.97. The van der Waals surface area contributed by atoms with Gasteiger partial charge in [-0.3, -0.25) is 0 Å². The number of carboxylic acids is 1. The van der Waals surface area contributed by atoms with Crippen molar-refractivity contribution in [2.45, 2.75) is 78.1 Å². The van der Waals surface area contributed by atoms with Crippen molar-refractivity contribution in [3.05, 3.63) is 70.3 Å². The fraction of sp³-hybridized carbons (Fsp3) is 0.480. The summed E-state index contributed by atoms with van der Waals surface area (Å²) in [5, 5.41) is 11.4. The van der Waals surface area contributed by atoms with Crippen LogP contribution in [0.2, 0.25) is 0 Å². The van der Waals surface area contributed by atoms with Gasteiger partial charge in [-0.2, -0.15) is 0 Å². The molecule has 0 saturated heterocycles. The summed E-state index contributed by atoms with van der Waals surface area (Å²) in [6, 6.07) is 14.8. The molecule has 2 aromatic carbocycles. The van der Waals surface area contributed by atoms with Gasteiger partial charge in [-0.05, 0) is 59.9 Å². The van der Waals surface area contributed by atoms with Gasteiger partial charge in [0.15, 0.2) is 0 Å². The average Bonchev–Trinajstić information content (AvgIpc) is 2.65. The molecule has 0 aliphatic carbocycles. The number of benzene rings is 2. The molecule has 0 N–H and O–H groups in total. The van der Waals surface area contributed by atoms with E-state index in [9.17, 15) is 9.90 Å². The summed E-state index contributed by atoms with van der Waals surface area (Å²) in [7, 11) is 0. The third-order valence-electron chi connectivity index (χ3n) is 5.17. The topological polar surface area (TPSA) is 40.1 Å². The summed E-state index contributed by atoms with van der Waals surface area (Å²) in [5.41, 5.74) is 5.98. The fourth-order valence-electron chi connectivity index (χ4n) is 3.72. The van der Waals surface area contributed by atoms with E-state index in [0.717, 1.165) is 37.7 Å². The van der Waals surface area contributed by atoms with E-state index in [2.05, 4.69) is 38.1 Å². The van der Waals surface area contributed by atoms with Crippen molar-refractivity contribution >= 4 is 5.97 Å². The van der Waals surface area contributed by atoms with Gasteiger partial charge in [-0.25, -0.2) is 0 Å². The molecule has 0 amide bonds. The van der Waals surface area contributed by atoms with Gasteiger partial charge in [0, 0.05) is 12.4 Å². The number of hydrogen-bond donors (Lipinski definition) is 0. The van der Waals surface area contributed by atoms with E-state index in [1.54, 1.807) is 0 Å². The first-order chi connectivity index (χ1) is 13.1. The van der Waals surface area contributed by atoms with Crippen LogP contribution in [-0.4, -0.2) is 5.97 Å². The molecule has 146 valence electrons. The normalized spacial score (nSPS) is 10.5. The van der Waals surface area contributed by atoms with E-state index in [1.165, 1.54) is 47.9 Å². The molecule has 2 aromatic rings. The number of aryl methyl sites for hydroxylation is 2. The number of carboxylic acid groups (broad SMARTS) is 1. The molecule has 0 radical (unpaired) electrons. The molecule has 0 aromatic heterocycles. The predicted octanol–water partition coefficient (Wildman–Crippen LogP) is 2.04. The molecule has 0 unspecified atom stereocenters. The van der Waals surface area contributed by atoms with Crippen LogP contribution in [0.15, 0.2) is 42.5 Å². The monoisotopic (exact) mass is 388 g/mol. The van der Waals surface area contributed by atoms with E-state index in [-0.39, 0.29) is 36.0 Å². The average molecular weight is 389 g/mol. The minimum absolute atomic E-state index is 0. The number of carbonyl (C=O) groups is 1. The third-order valence-corrected chi connectivity index (χ3v) is 5.17. The standard InChI is InChI=1S/C25H34O2.Na/c1-3-5-8-14-21-16-22(15-9-6-4-2)24(23(17-21)19-25(26)27)18-20-12-10-7-11-13-20;/h7,10-13,16-17H,3-6,8-9,14-15,18-19H2,1-2H3,(H,26,27);/q;+1/p-1. The van der Waals surface area contributed by atoms with Crippen LogP contribution in [0.3, 0.4) is 0 Å². The number of carbonyl (C=O) groups excluding carboxylic acids is 1. The second kappa shape index (κ2) is 14.0. The van der Waals surface area contributed by atoms with E-state index < -0.39 is 5.97 Å². The smallest absolute Gasteiger partial charge is 0.550 e. The number of unbranched alkanes of at least 4 members (excludes halogenated alkanes) is 4. The maximum atomic E-state index is 11.4. The van der Waals surface area contributed by atoms with Gasteiger partial charge in [0.1, 0.15) is 0 Å². The Bertz CT molecular complexity index is 710. The molecule has 0 bridgehead atoms. The van der Waals surface area contributed by atoms with Gasteiger partial charge in [-0.1, -0.05) is 82.0 Å². The Labute approximate surface area is 193 Å². The van der Waals surface area contributed by atoms with Crippen LogP contribution in [0, 0.1) is 0 Å². The van der Waals surface area contributed by atoms with E-state index in [4.69, 9.17) is 0 Å². The molecule has 2 nitrogen and oxygen atoms in total. The number of aliphatic carboxylic acids is 1. The van der Waals surface area contributed by atoms with Crippen molar-refractivity contribution in [3.8, 4) is 0 Å². The minimum atomic E-state index is -0.991. The molecule has 0 fully saturated rings. The summed E-state index contributed by atoms with van der Waals surface area (Å²) < 4.78 is 0. The third kappa shape index (κ3) is 8.51. The Hall–Kier alpha value is -1.09. The first-order valence-electron chi connectivity index (χ1n) is 10.5. The molecular formula is C25H33NaO2. The van der Waals surface area contributed by atoms with Crippen LogP contribution >= 0.6 is 0 Å². The van der Waals surface area contributed by atoms with Gasteiger partial charge < -0.3 is 9.90 Å². The zero-order chi connectivity index (χ0) is 19.5. The SMILES string of the molecule is CCCCCc1cc(CCCCC)c(Cc2ccccc2)c(CC(=O)[O-])c1.[Na+]. The first-order valence-corrected chi connectivity index (χ1v) is 10.5. The largest absolute Gasteiger partial charge is 1.00 e. The van der Waals surface area contributed by atoms with E-state index in [1.807, 2.05) is 18.2 Å². The fourth-order valence-corrected chi connectivity index (χ4v) is 3.72. The molecule has 2 rings (SSSR count). The Morgan fingerprint density at radius 2 is 1.43 bits per heavy atom.